The molecule has 0 fully saturated rings. The highest BCUT2D eigenvalue weighted by molar-refractivity contribution is 6.18. The molecular weight excluding hydrogens is 423 g/mol. The normalized spacial score (nSPS) is 10.8. The van der Waals surface area contributed by atoms with Crippen LogP contribution in [0.2, 0.25) is 0 Å². The average molecular weight is 443 g/mol. The van der Waals surface area contributed by atoms with Crippen molar-refractivity contribution in [1.82, 2.24) is 4.90 Å². The van der Waals surface area contributed by atoms with Crippen molar-refractivity contribution in [1.29, 1.82) is 0 Å². The van der Waals surface area contributed by atoms with Gasteiger partial charge in [-0.25, -0.2) is 0 Å². The second-order valence-electron chi connectivity index (χ2n) is 6.02. The number of rotatable bonds is 11. The minimum atomic E-state index is -0.676. The fraction of sp³-hybridized carbons (Fsp3) is 0.333. The van der Waals surface area contributed by atoms with Gasteiger partial charge in [-0.1, -0.05) is 0 Å². The van der Waals surface area contributed by atoms with E-state index in [4.69, 9.17) is 27.9 Å². The minimum Gasteiger partial charge on any atom is -0.496 e. The molecule has 0 aromatic heterocycles. The van der Waals surface area contributed by atoms with E-state index in [1.165, 1.54) is 12.1 Å². The van der Waals surface area contributed by atoms with Crippen LogP contribution >= 0.6 is 23.2 Å². The van der Waals surface area contributed by atoms with Crippen molar-refractivity contribution in [3.05, 3.63) is 62.2 Å². The quantitative estimate of drug-likeness (QED) is 0.309. The summed E-state index contributed by atoms with van der Waals surface area (Å²) in [5.74, 6) is 1.56. The Balaban J connectivity index is 2.34. The van der Waals surface area contributed by atoms with Gasteiger partial charge in [0.1, 0.15) is 11.4 Å². The highest BCUT2D eigenvalue weighted by atomic mass is 35.5. The lowest BCUT2D eigenvalue weighted by Gasteiger charge is -2.22. The first-order valence-corrected chi connectivity index (χ1v) is 9.67. The Hall–Kier alpha value is -2.62. The molecule has 29 heavy (non-hydrogen) atoms. The van der Waals surface area contributed by atoms with Gasteiger partial charge in [0.2, 0.25) is 0 Å². The molecule has 0 bridgehead atoms. The van der Waals surface area contributed by atoms with Gasteiger partial charge in [0.25, 0.3) is 11.4 Å². The van der Waals surface area contributed by atoms with Gasteiger partial charge in [0, 0.05) is 48.7 Å². The Bertz CT molecular complexity index is 875. The molecule has 0 unspecified atom stereocenters. The molecule has 9 nitrogen and oxygen atoms in total. The second-order valence-corrected chi connectivity index (χ2v) is 6.78. The second kappa shape index (κ2) is 10.8. The van der Waals surface area contributed by atoms with E-state index >= 15 is 0 Å². The van der Waals surface area contributed by atoms with Crippen LogP contribution in [0.3, 0.4) is 0 Å². The number of nitrogens with zero attached hydrogens (tertiary/aromatic N) is 3. The maximum absolute atomic E-state index is 11.3. The first kappa shape index (κ1) is 22.7. The van der Waals surface area contributed by atoms with Crippen molar-refractivity contribution >= 4 is 46.0 Å². The summed E-state index contributed by atoms with van der Waals surface area (Å²) in [7, 11) is 1.56. The molecule has 0 heterocycles. The molecule has 0 saturated heterocycles. The highest BCUT2D eigenvalue weighted by Gasteiger charge is 2.20. The number of halogens is 2. The van der Waals surface area contributed by atoms with Gasteiger partial charge in [-0.05, 0) is 24.3 Å². The van der Waals surface area contributed by atoms with Crippen LogP contribution in [0.5, 0.6) is 5.75 Å². The number of benzene rings is 2. The maximum atomic E-state index is 11.3. The van der Waals surface area contributed by atoms with Gasteiger partial charge < -0.3 is 10.1 Å². The summed E-state index contributed by atoms with van der Waals surface area (Å²) in [5, 5.41) is 25.2. The van der Waals surface area contributed by atoms with Crippen LogP contribution in [-0.4, -0.2) is 46.7 Å². The Morgan fingerprint density at radius 1 is 1.03 bits per heavy atom. The third-order valence-corrected chi connectivity index (χ3v) is 4.48. The van der Waals surface area contributed by atoms with Crippen molar-refractivity contribution in [2.24, 2.45) is 0 Å². The fourth-order valence-electron chi connectivity index (χ4n) is 2.78. The number of anilines is 2. The maximum Gasteiger partial charge on any atom is 0.299 e. The monoisotopic (exact) mass is 442 g/mol. The lowest BCUT2D eigenvalue weighted by Crippen LogP contribution is -2.27. The van der Waals surface area contributed by atoms with Gasteiger partial charge in [0.15, 0.2) is 0 Å². The molecule has 0 radical (unpaired) electrons. The van der Waals surface area contributed by atoms with Crippen molar-refractivity contribution in [2.45, 2.75) is 6.54 Å². The molecule has 0 amide bonds. The number of methoxy groups -OCH3 is 1. The zero-order valence-electron chi connectivity index (χ0n) is 15.6. The number of nitro benzene ring substituents is 2. The van der Waals surface area contributed by atoms with Crippen LogP contribution in [0.15, 0.2) is 36.4 Å². The smallest absolute Gasteiger partial charge is 0.299 e. The molecule has 2 aromatic carbocycles. The summed E-state index contributed by atoms with van der Waals surface area (Å²) in [6.45, 7) is 1.81. The Morgan fingerprint density at radius 2 is 1.72 bits per heavy atom. The first-order chi connectivity index (χ1) is 13.9. The van der Waals surface area contributed by atoms with E-state index in [1.54, 1.807) is 25.3 Å². The molecule has 2 aromatic rings. The van der Waals surface area contributed by atoms with E-state index in [2.05, 4.69) is 10.2 Å². The Kier molecular flexibility index (Phi) is 8.44. The van der Waals surface area contributed by atoms with Crippen LogP contribution in [0.25, 0.3) is 0 Å². The van der Waals surface area contributed by atoms with Crippen molar-refractivity contribution in [2.75, 3.05) is 37.3 Å². The highest BCUT2D eigenvalue weighted by Crippen LogP contribution is 2.33. The molecule has 0 aliphatic carbocycles. The van der Waals surface area contributed by atoms with E-state index in [-0.39, 0.29) is 17.1 Å². The van der Waals surface area contributed by atoms with E-state index < -0.39 is 9.85 Å². The van der Waals surface area contributed by atoms with Gasteiger partial charge in [-0.2, -0.15) is 0 Å². The van der Waals surface area contributed by atoms with Gasteiger partial charge in [0.05, 0.1) is 23.0 Å². The van der Waals surface area contributed by atoms with Crippen LogP contribution in [0, 0.1) is 20.2 Å². The summed E-state index contributed by atoms with van der Waals surface area (Å²) < 4.78 is 5.41. The number of hydrogen-bond acceptors (Lipinski definition) is 7. The van der Waals surface area contributed by atoms with E-state index in [9.17, 15) is 20.2 Å². The van der Waals surface area contributed by atoms with Crippen molar-refractivity contribution in [3.63, 3.8) is 0 Å². The topological polar surface area (TPSA) is 111 Å². The van der Waals surface area contributed by atoms with Crippen molar-refractivity contribution in [3.8, 4) is 5.75 Å². The number of non-ortho nitro benzene ring substituents is 1. The summed E-state index contributed by atoms with van der Waals surface area (Å²) in [6.07, 6.45) is 0. The van der Waals surface area contributed by atoms with Crippen LogP contribution < -0.4 is 10.1 Å². The lowest BCUT2D eigenvalue weighted by molar-refractivity contribution is -0.393. The number of nitrogens with one attached hydrogen (secondary N) is 1. The molecule has 0 aliphatic heterocycles. The SMILES string of the molecule is COc1ccc(Nc2ccc([N+](=O)[O-])cc2[N+](=O)[O-])cc1CN(CCCl)CCCl. The zero-order chi connectivity index (χ0) is 21.4. The van der Waals surface area contributed by atoms with E-state index in [0.717, 1.165) is 11.6 Å². The molecule has 1 N–H and O–H groups in total. The van der Waals surface area contributed by atoms with E-state index in [1.807, 2.05) is 0 Å². The zero-order valence-corrected chi connectivity index (χ0v) is 17.2. The average Bonchev–Trinajstić information content (AvgIpc) is 2.68. The van der Waals surface area contributed by atoms with Gasteiger partial charge >= 0.3 is 0 Å². The van der Waals surface area contributed by atoms with Crippen LogP contribution in [0.4, 0.5) is 22.7 Å². The van der Waals surface area contributed by atoms with E-state index in [0.29, 0.717) is 42.8 Å². The largest absolute Gasteiger partial charge is 0.496 e. The summed E-state index contributed by atoms with van der Waals surface area (Å²) >= 11 is 11.7. The molecule has 0 spiro atoms. The number of alkyl halides is 2. The molecule has 156 valence electrons. The molecule has 2 rings (SSSR count). The Labute approximate surface area is 177 Å². The van der Waals surface area contributed by atoms with Gasteiger partial charge in [-0.15, -0.1) is 23.2 Å². The minimum absolute atomic E-state index is 0.148. The number of ether oxygens (including phenoxy) is 1. The molecule has 0 aliphatic rings. The molecule has 0 atom stereocenters. The first-order valence-electron chi connectivity index (χ1n) is 8.60. The summed E-state index contributed by atoms with van der Waals surface area (Å²) in [5.41, 5.74) is 0.833. The third kappa shape index (κ3) is 6.18. The van der Waals surface area contributed by atoms with Crippen LogP contribution in [-0.2, 0) is 6.54 Å². The fourth-order valence-corrected chi connectivity index (χ4v) is 3.25. The number of hydrogen-bond donors (Lipinski definition) is 1. The summed E-state index contributed by atoms with van der Waals surface area (Å²) in [4.78, 5) is 23.0. The Morgan fingerprint density at radius 3 is 2.28 bits per heavy atom. The van der Waals surface area contributed by atoms with Crippen LogP contribution in [0.1, 0.15) is 5.56 Å². The van der Waals surface area contributed by atoms with Crippen molar-refractivity contribution < 1.29 is 14.6 Å². The van der Waals surface area contributed by atoms with Gasteiger partial charge in [-0.3, -0.25) is 25.1 Å². The molecule has 0 saturated carbocycles. The lowest BCUT2D eigenvalue weighted by atomic mass is 10.1. The number of nitro groups is 2. The standard InChI is InChI=1S/C18H20Cl2N4O5/c1-29-18-5-2-14(10-13(18)12-22(8-6-19)9-7-20)21-16-4-3-15(23(25)26)11-17(16)24(27)28/h2-5,10-11,21H,6-9,12H2,1H3. The predicted molar refractivity (Wildman–Crippen MR) is 113 cm³/mol. The third-order valence-electron chi connectivity index (χ3n) is 4.14. The molecular formula is C18H20Cl2N4O5. The molecule has 11 heteroatoms. The summed E-state index contributed by atoms with van der Waals surface area (Å²) in [6, 6.07) is 8.71. The predicted octanol–water partition coefficient (Wildman–Crippen LogP) is 4.53.